The molecule has 0 bridgehead atoms. The van der Waals surface area contributed by atoms with Crippen molar-refractivity contribution in [1.29, 1.82) is 0 Å². The number of fused-ring (bicyclic) bond motifs is 1. The molecule has 9 heteroatoms. The molecule has 8 nitrogen and oxygen atoms in total. The first-order valence-corrected chi connectivity index (χ1v) is 11.8. The van der Waals surface area contributed by atoms with E-state index in [2.05, 4.69) is 5.32 Å². The fourth-order valence-corrected chi connectivity index (χ4v) is 5.04. The lowest BCUT2D eigenvalue weighted by Crippen LogP contribution is -2.42. The van der Waals surface area contributed by atoms with Gasteiger partial charge in [0.05, 0.1) is 24.2 Å². The van der Waals surface area contributed by atoms with E-state index in [-0.39, 0.29) is 30.1 Å². The minimum absolute atomic E-state index is 0.120. The Balaban J connectivity index is 1.44. The summed E-state index contributed by atoms with van der Waals surface area (Å²) in [5.74, 6) is 1.13. The molecule has 3 aromatic carbocycles. The number of anilines is 2. The van der Waals surface area contributed by atoms with Crippen molar-refractivity contribution in [1.82, 2.24) is 0 Å². The second-order valence-electron chi connectivity index (χ2n) is 7.44. The maximum atomic E-state index is 13.3. The van der Waals surface area contributed by atoms with E-state index in [4.69, 9.17) is 14.2 Å². The van der Waals surface area contributed by atoms with Gasteiger partial charge in [0.25, 0.3) is 15.9 Å². The average Bonchev–Trinajstić information content (AvgIpc) is 2.82. The maximum Gasteiger partial charge on any atom is 0.264 e. The average molecular weight is 469 g/mol. The molecule has 0 unspecified atom stereocenters. The third-order valence-electron chi connectivity index (χ3n) is 5.04. The molecule has 0 aromatic heterocycles. The lowest BCUT2D eigenvalue weighted by molar-refractivity contribution is -0.118. The lowest BCUT2D eigenvalue weighted by Gasteiger charge is -2.34. The van der Waals surface area contributed by atoms with Crippen LogP contribution in [0.5, 0.6) is 17.2 Å². The normalized spacial score (nSPS) is 15.2. The summed E-state index contributed by atoms with van der Waals surface area (Å²) in [5.41, 5.74) is 0.958. The predicted molar refractivity (Wildman–Crippen MR) is 125 cm³/mol. The molecule has 0 spiro atoms. The van der Waals surface area contributed by atoms with E-state index in [9.17, 15) is 13.2 Å². The summed E-state index contributed by atoms with van der Waals surface area (Å²) in [6.07, 6.45) is -0.281. The Hall–Kier alpha value is -3.72. The molecular formula is C24H24N2O6S. The van der Waals surface area contributed by atoms with Crippen LogP contribution in [-0.4, -0.2) is 40.7 Å². The summed E-state index contributed by atoms with van der Waals surface area (Å²) in [5, 5.41) is 2.70. The first-order chi connectivity index (χ1) is 15.9. The van der Waals surface area contributed by atoms with Gasteiger partial charge in [-0.15, -0.1) is 0 Å². The Morgan fingerprint density at radius 1 is 1.03 bits per heavy atom. The van der Waals surface area contributed by atoms with Gasteiger partial charge in [-0.3, -0.25) is 9.10 Å². The van der Waals surface area contributed by atoms with Gasteiger partial charge in [0.15, 0.2) is 18.1 Å². The SMILES string of the molecule is COc1ccccc1OCC(=O)Nc1ccc(S(=O)(=O)N2C[C@H](C)Oc3ccccc32)cc1. The fourth-order valence-electron chi connectivity index (χ4n) is 3.49. The van der Waals surface area contributed by atoms with Crippen LogP contribution >= 0.6 is 0 Å². The summed E-state index contributed by atoms with van der Waals surface area (Å²) < 4.78 is 44.4. The zero-order valence-corrected chi connectivity index (χ0v) is 19.0. The smallest absolute Gasteiger partial charge is 0.264 e. The van der Waals surface area contributed by atoms with Crippen LogP contribution in [0.25, 0.3) is 0 Å². The molecule has 1 aliphatic rings. The molecule has 4 rings (SSSR count). The van der Waals surface area contributed by atoms with Crippen LogP contribution in [0.4, 0.5) is 11.4 Å². The van der Waals surface area contributed by atoms with Crippen LogP contribution in [0, 0.1) is 0 Å². The van der Waals surface area contributed by atoms with Crippen molar-refractivity contribution in [3.63, 3.8) is 0 Å². The van der Waals surface area contributed by atoms with E-state index < -0.39 is 10.0 Å². The van der Waals surface area contributed by atoms with Crippen molar-refractivity contribution in [2.24, 2.45) is 0 Å². The van der Waals surface area contributed by atoms with Crippen molar-refractivity contribution in [2.45, 2.75) is 17.9 Å². The van der Waals surface area contributed by atoms with E-state index >= 15 is 0 Å². The molecule has 1 aliphatic heterocycles. The van der Waals surface area contributed by atoms with E-state index in [0.717, 1.165) is 0 Å². The van der Waals surface area contributed by atoms with Crippen LogP contribution in [0.3, 0.4) is 0 Å². The van der Waals surface area contributed by atoms with Crippen molar-refractivity contribution >= 4 is 27.3 Å². The Kier molecular flexibility index (Phi) is 6.41. The van der Waals surface area contributed by atoms with E-state index in [1.165, 1.54) is 23.5 Å². The van der Waals surface area contributed by atoms with Gasteiger partial charge in [-0.05, 0) is 55.5 Å². The number of rotatable bonds is 7. The maximum absolute atomic E-state index is 13.3. The van der Waals surface area contributed by atoms with E-state index in [1.54, 1.807) is 60.7 Å². The highest BCUT2D eigenvalue weighted by Gasteiger charge is 2.32. The third-order valence-corrected chi connectivity index (χ3v) is 6.83. The number of para-hydroxylation sites is 4. The predicted octanol–water partition coefficient (Wildman–Crippen LogP) is 3.69. The van der Waals surface area contributed by atoms with Gasteiger partial charge >= 0.3 is 0 Å². The second kappa shape index (κ2) is 9.41. The quantitative estimate of drug-likeness (QED) is 0.568. The number of carbonyl (C=O) groups excluding carboxylic acids is 1. The van der Waals surface area contributed by atoms with Crippen LogP contribution in [0.15, 0.2) is 77.7 Å². The Bertz CT molecular complexity index is 1240. The summed E-state index contributed by atoms with van der Waals surface area (Å²) in [6.45, 7) is 1.81. The third kappa shape index (κ3) is 4.88. The van der Waals surface area contributed by atoms with Gasteiger partial charge in [0.1, 0.15) is 11.9 Å². The van der Waals surface area contributed by atoms with E-state index in [0.29, 0.717) is 28.6 Å². The number of hydrogen-bond acceptors (Lipinski definition) is 6. The monoisotopic (exact) mass is 468 g/mol. The molecule has 0 aliphatic carbocycles. The van der Waals surface area contributed by atoms with Gasteiger partial charge < -0.3 is 19.5 Å². The van der Waals surface area contributed by atoms with Gasteiger partial charge in [-0.1, -0.05) is 24.3 Å². The van der Waals surface area contributed by atoms with Gasteiger partial charge in [-0.2, -0.15) is 0 Å². The molecule has 1 heterocycles. The van der Waals surface area contributed by atoms with Crippen molar-refractivity contribution in [2.75, 3.05) is 29.9 Å². The molecule has 33 heavy (non-hydrogen) atoms. The van der Waals surface area contributed by atoms with Gasteiger partial charge in [0.2, 0.25) is 0 Å². The summed E-state index contributed by atoms with van der Waals surface area (Å²) >= 11 is 0. The van der Waals surface area contributed by atoms with Crippen molar-refractivity contribution in [3.8, 4) is 17.2 Å². The molecular weight excluding hydrogens is 444 g/mol. The van der Waals surface area contributed by atoms with Crippen molar-refractivity contribution < 1.29 is 27.4 Å². The molecule has 0 fully saturated rings. The molecule has 1 N–H and O–H groups in total. The number of sulfonamides is 1. The fraction of sp³-hybridized carbons (Fsp3) is 0.208. The first-order valence-electron chi connectivity index (χ1n) is 10.3. The highest BCUT2D eigenvalue weighted by molar-refractivity contribution is 7.92. The zero-order chi connectivity index (χ0) is 23.4. The van der Waals surface area contributed by atoms with Gasteiger partial charge in [-0.25, -0.2) is 8.42 Å². The molecule has 0 saturated carbocycles. The van der Waals surface area contributed by atoms with Crippen LogP contribution in [0.1, 0.15) is 6.92 Å². The Morgan fingerprint density at radius 2 is 1.70 bits per heavy atom. The molecule has 1 atom stereocenters. The number of carbonyl (C=O) groups is 1. The number of nitrogens with zero attached hydrogens (tertiary/aromatic N) is 1. The number of benzene rings is 3. The highest BCUT2D eigenvalue weighted by Crippen LogP contribution is 2.36. The summed E-state index contributed by atoms with van der Waals surface area (Å²) in [7, 11) is -2.28. The Labute approximate surface area is 192 Å². The summed E-state index contributed by atoms with van der Waals surface area (Å²) in [6, 6.07) is 20.1. The lowest BCUT2D eigenvalue weighted by atomic mass is 10.2. The minimum Gasteiger partial charge on any atom is -0.493 e. The van der Waals surface area contributed by atoms with Crippen molar-refractivity contribution in [3.05, 3.63) is 72.8 Å². The molecule has 172 valence electrons. The number of nitrogens with one attached hydrogen (secondary N) is 1. The largest absolute Gasteiger partial charge is 0.493 e. The molecule has 0 radical (unpaired) electrons. The second-order valence-corrected chi connectivity index (χ2v) is 9.31. The highest BCUT2D eigenvalue weighted by atomic mass is 32.2. The van der Waals surface area contributed by atoms with Crippen LogP contribution < -0.4 is 23.8 Å². The molecule has 1 amide bonds. The topological polar surface area (TPSA) is 94.2 Å². The number of hydrogen-bond donors (Lipinski definition) is 1. The minimum atomic E-state index is -3.81. The first kappa shape index (κ1) is 22.5. The number of methoxy groups -OCH3 is 1. The Morgan fingerprint density at radius 3 is 2.42 bits per heavy atom. The molecule has 0 saturated heterocycles. The van der Waals surface area contributed by atoms with Gasteiger partial charge in [0, 0.05) is 5.69 Å². The van der Waals surface area contributed by atoms with Crippen LogP contribution in [-0.2, 0) is 14.8 Å². The standard InChI is InChI=1S/C24H24N2O6S/c1-17-15-26(20-7-3-4-8-21(20)32-17)33(28,29)19-13-11-18(12-14-19)25-24(27)16-31-23-10-6-5-9-22(23)30-2/h3-14,17H,15-16H2,1-2H3,(H,25,27)/t17-/m0/s1. The molecule has 3 aromatic rings. The summed E-state index contributed by atoms with van der Waals surface area (Å²) in [4.78, 5) is 12.4. The van der Waals surface area contributed by atoms with E-state index in [1.807, 2.05) is 6.92 Å². The number of ether oxygens (including phenoxy) is 3. The zero-order valence-electron chi connectivity index (χ0n) is 18.2. The number of amides is 1. The van der Waals surface area contributed by atoms with Crippen LogP contribution in [0.2, 0.25) is 0 Å².